The molecule has 0 aliphatic carbocycles. The Bertz CT molecular complexity index is 838. The molecule has 0 unspecified atom stereocenters. The van der Waals surface area contributed by atoms with Gasteiger partial charge in [-0.1, -0.05) is 43.7 Å². The number of rotatable bonds is 3. The fourth-order valence-electron chi connectivity index (χ4n) is 2.22. The van der Waals surface area contributed by atoms with Gasteiger partial charge in [0.25, 0.3) is 5.56 Å². The highest BCUT2D eigenvalue weighted by atomic mass is 16.1. The van der Waals surface area contributed by atoms with Gasteiger partial charge < -0.3 is 5.73 Å². The Hall–Kier alpha value is -2.69. The highest BCUT2D eigenvalue weighted by molar-refractivity contribution is 5.74. The lowest BCUT2D eigenvalue weighted by Gasteiger charge is -2.07. The molecule has 2 heterocycles. The van der Waals surface area contributed by atoms with Gasteiger partial charge >= 0.3 is 0 Å². The van der Waals surface area contributed by atoms with Crippen LogP contribution in [0.2, 0.25) is 0 Å². The van der Waals surface area contributed by atoms with Crippen LogP contribution in [0.25, 0.3) is 11.0 Å². The molecule has 1 aromatic carbocycles. The minimum Gasteiger partial charge on any atom is -0.384 e. The summed E-state index contributed by atoms with van der Waals surface area (Å²) in [7, 11) is 0. The van der Waals surface area contributed by atoms with Crippen molar-refractivity contribution in [1.29, 1.82) is 0 Å². The van der Waals surface area contributed by atoms with E-state index in [9.17, 15) is 4.79 Å². The van der Waals surface area contributed by atoms with Gasteiger partial charge in [0.2, 0.25) is 0 Å². The summed E-state index contributed by atoms with van der Waals surface area (Å²) < 4.78 is 1.61. The summed E-state index contributed by atoms with van der Waals surface area (Å²) in [5.41, 5.74) is 8.34. The van der Waals surface area contributed by atoms with Crippen LogP contribution in [-0.2, 0) is 13.0 Å². The van der Waals surface area contributed by atoms with Gasteiger partial charge in [0.15, 0.2) is 5.65 Å². The van der Waals surface area contributed by atoms with Crippen LogP contribution in [0.4, 0.5) is 5.82 Å². The van der Waals surface area contributed by atoms with Gasteiger partial charge in [-0.25, -0.2) is 9.97 Å². The second kappa shape index (κ2) is 7.54. The number of fused-ring (bicyclic) bond motifs is 1. The molecule has 0 aliphatic rings. The summed E-state index contributed by atoms with van der Waals surface area (Å²) in [5, 5.41) is 0.496. The lowest BCUT2D eigenvalue weighted by molar-refractivity contribution is 0.662. The topological polar surface area (TPSA) is 73.8 Å². The van der Waals surface area contributed by atoms with Gasteiger partial charge in [-0.3, -0.25) is 9.36 Å². The lowest BCUT2D eigenvalue weighted by Crippen LogP contribution is -2.22. The van der Waals surface area contributed by atoms with Crippen molar-refractivity contribution in [2.24, 2.45) is 0 Å². The molecular formula is C18H22N4O. The third-order valence-corrected chi connectivity index (χ3v) is 3.47. The summed E-state index contributed by atoms with van der Waals surface area (Å²) in [5.74, 6) is 0.367. The van der Waals surface area contributed by atoms with Crippen LogP contribution in [0.5, 0.6) is 0 Å². The fraction of sp³-hybridized carbons (Fsp3) is 0.278. The third kappa shape index (κ3) is 3.94. The molecule has 3 aromatic rings. The zero-order valence-electron chi connectivity index (χ0n) is 13.8. The summed E-state index contributed by atoms with van der Waals surface area (Å²) in [6.07, 6.45) is 2.32. The number of nitrogen functional groups attached to an aromatic ring is 1. The van der Waals surface area contributed by atoms with Crippen LogP contribution in [0, 0.1) is 6.92 Å². The van der Waals surface area contributed by atoms with E-state index in [0.717, 1.165) is 6.42 Å². The molecule has 0 radical (unpaired) electrons. The van der Waals surface area contributed by atoms with E-state index in [4.69, 9.17) is 5.73 Å². The molecule has 0 saturated carbocycles. The molecule has 3 rings (SSSR count). The Balaban J connectivity index is 0.000000924. The number of aryl methyl sites for hydroxylation is 3. The van der Waals surface area contributed by atoms with E-state index in [0.29, 0.717) is 23.4 Å². The minimum absolute atomic E-state index is 0.0837. The monoisotopic (exact) mass is 310 g/mol. The molecule has 0 fully saturated rings. The van der Waals surface area contributed by atoms with Crippen molar-refractivity contribution in [3.63, 3.8) is 0 Å². The number of anilines is 1. The van der Waals surface area contributed by atoms with Gasteiger partial charge in [0.05, 0.1) is 11.7 Å². The lowest BCUT2D eigenvalue weighted by atomic mass is 10.1. The van der Waals surface area contributed by atoms with Gasteiger partial charge in [0, 0.05) is 6.54 Å². The first-order chi connectivity index (χ1) is 11.1. The number of aromatic nitrogens is 3. The van der Waals surface area contributed by atoms with Crippen molar-refractivity contribution in [3.8, 4) is 0 Å². The maximum Gasteiger partial charge on any atom is 0.262 e. The van der Waals surface area contributed by atoms with Gasteiger partial charge in [-0.15, -0.1) is 0 Å². The summed E-state index contributed by atoms with van der Waals surface area (Å²) in [6, 6.07) is 11.6. The van der Waals surface area contributed by atoms with Crippen molar-refractivity contribution < 1.29 is 0 Å². The Kier molecular flexibility index (Phi) is 5.46. The molecule has 0 spiro atoms. The average Bonchev–Trinajstić information content (AvgIpc) is 2.57. The van der Waals surface area contributed by atoms with Crippen molar-refractivity contribution in [2.45, 2.75) is 33.7 Å². The number of hydrogen-bond donors (Lipinski definition) is 1. The zero-order chi connectivity index (χ0) is 16.8. The molecule has 0 atom stereocenters. The average molecular weight is 310 g/mol. The van der Waals surface area contributed by atoms with E-state index in [1.807, 2.05) is 13.8 Å². The van der Waals surface area contributed by atoms with E-state index in [2.05, 4.69) is 41.2 Å². The van der Waals surface area contributed by atoms with Crippen LogP contribution in [0.3, 0.4) is 0 Å². The minimum atomic E-state index is -0.0837. The fourth-order valence-corrected chi connectivity index (χ4v) is 2.22. The molecule has 0 amide bonds. The number of nitrogens with two attached hydrogens (primary N) is 1. The van der Waals surface area contributed by atoms with Crippen LogP contribution in [0.15, 0.2) is 47.5 Å². The number of benzene rings is 1. The van der Waals surface area contributed by atoms with Crippen molar-refractivity contribution in [2.75, 3.05) is 5.73 Å². The zero-order valence-corrected chi connectivity index (χ0v) is 13.8. The first kappa shape index (κ1) is 16.7. The van der Waals surface area contributed by atoms with Gasteiger partial charge in [-0.2, -0.15) is 0 Å². The van der Waals surface area contributed by atoms with E-state index in [-0.39, 0.29) is 5.56 Å². The molecule has 2 aromatic heterocycles. The molecule has 5 nitrogen and oxygen atoms in total. The third-order valence-electron chi connectivity index (χ3n) is 3.47. The first-order valence-corrected chi connectivity index (χ1v) is 7.81. The van der Waals surface area contributed by atoms with Crippen LogP contribution in [0.1, 0.15) is 25.0 Å². The molecule has 0 saturated heterocycles. The normalized spacial score (nSPS) is 10.2. The van der Waals surface area contributed by atoms with Crippen LogP contribution >= 0.6 is 0 Å². The standard InChI is InChI=1S/C16H16N4O.C2H6/c1-11-2-4-12(5-3-11)8-9-20-10-18-15-13(16(20)21)6-7-14(17)19-15;1-2/h2-7,10H,8-9H2,1H3,(H2,17,19);1-2H3. The predicted octanol–water partition coefficient (Wildman–Crippen LogP) is 2.95. The Morgan fingerprint density at radius 3 is 2.48 bits per heavy atom. The second-order valence-electron chi connectivity index (χ2n) is 5.09. The number of nitrogens with zero attached hydrogens (tertiary/aromatic N) is 3. The summed E-state index contributed by atoms with van der Waals surface area (Å²) >= 11 is 0. The smallest absolute Gasteiger partial charge is 0.262 e. The van der Waals surface area contributed by atoms with E-state index in [1.165, 1.54) is 17.5 Å². The van der Waals surface area contributed by atoms with E-state index < -0.39 is 0 Å². The Labute approximate surface area is 135 Å². The quantitative estimate of drug-likeness (QED) is 0.807. The van der Waals surface area contributed by atoms with E-state index in [1.54, 1.807) is 16.7 Å². The second-order valence-corrected chi connectivity index (χ2v) is 5.09. The SMILES string of the molecule is CC.Cc1ccc(CCn2cnc3nc(N)ccc3c2=O)cc1. The van der Waals surface area contributed by atoms with Crippen molar-refractivity contribution in [1.82, 2.24) is 14.5 Å². The number of hydrogen-bond acceptors (Lipinski definition) is 4. The summed E-state index contributed by atoms with van der Waals surface area (Å²) in [6.45, 7) is 6.65. The Morgan fingerprint density at radius 1 is 1.09 bits per heavy atom. The maximum absolute atomic E-state index is 12.4. The molecule has 0 bridgehead atoms. The molecule has 0 aliphatic heterocycles. The highest BCUT2D eigenvalue weighted by Crippen LogP contribution is 2.08. The molecule has 23 heavy (non-hydrogen) atoms. The predicted molar refractivity (Wildman–Crippen MR) is 94.4 cm³/mol. The summed E-state index contributed by atoms with van der Waals surface area (Å²) in [4.78, 5) is 20.6. The van der Waals surface area contributed by atoms with Gasteiger partial charge in [0.1, 0.15) is 5.82 Å². The van der Waals surface area contributed by atoms with Crippen molar-refractivity contribution >= 4 is 16.9 Å². The molecule has 5 heteroatoms. The maximum atomic E-state index is 12.4. The largest absolute Gasteiger partial charge is 0.384 e. The first-order valence-electron chi connectivity index (χ1n) is 7.81. The highest BCUT2D eigenvalue weighted by Gasteiger charge is 2.05. The molecule has 120 valence electrons. The van der Waals surface area contributed by atoms with Crippen LogP contribution < -0.4 is 11.3 Å². The molecule has 2 N–H and O–H groups in total. The van der Waals surface area contributed by atoms with Crippen molar-refractivity contribution in [3.05, 3.63) is 64.2 Å². The van der Waals surface area contributed by atoms with Crippen LogP contribution in [-0.4, -0.2) is 14.5 Å². The number of pyridine rings is 1. The Morgan fingerprint density at radius 2 is 1.78 bits per heavy atom. The molecular weight excluding hydrogens is 288 g/mol. The van der Waals surface area contributed by atoms with E-state index >= 15 is 0 Å². The van der Waals surface area contributed by atoms with Gasteiger partial charge in [-0.05, 0) is 31.0 Å².